The Bertz CT molecular complexity index is 691. The third kappa shape index (κ3) is 2.55. The molecule has 8 nitrogen and oxygen atoms in total. The van der Waals surface area contributed by atoms with Crippen LogP contribution in [0.15, 0.2) is 6.20 Å². The van der Waals surface area contributed by atoms with Crippen LogP contribution in [-0.2, 0) is 7.05 Å². The summed E-state index contributed by atoms with van der Waals surface area (Å²) in [7, 11) is 1.71. The molecule has 0 saturated carbocycles. The maximum atomic E-state index is 11.4. The standard InChI is InChI=1S/C13H18N4O4/c1-7-9-10(15-13(2,5-18)6-19)8(12(20)21)4-14-11(9)17(3)16-7/h4,18-19H,5-6H2,1-3H3,(H,14,15)(H,20,21). The predicted octanol–water partition coefficient (Wildman–Crippen LogP) is 0.130. The number of aliphatic hydroxyl groups is 2. The molecule has 114 valence electrons. The highest BCUT2D eigenvalue weighted by atomic mass is 16.4. The lowest BCUT2D eigenvalue weighted by Gasteiger charge is -2.28. The second-order valence-electron chi connectivity index (χ2n) is 5.26. The first-order chi connectivity index (χ1) is 9.83. The lowest BCUT2D eigenvalue weighted by atomic mass is 10.0. The molecule has 0 saturated heterocycles. The maximum Gasteiger partial charge on any atom is 0.339 e. The van der Waals surface area contributed by atoms with Crippen molar-refractivity contribution < 1.29 is 20.1 Å². The van der Waals surface area contributed by atoms with Crippen molar-refractivity contribution in [2.75, 3.05) is 18.5 Å². The smallest absolute Gasteiger partial charge is 0.339 e. The molecule has 0 amide bonds. The fourth-order valence-corrected chi connectivity index (χ4v) is 2.13. The minimum absolute atomic E-state index is 0.0354. The Morgan fingerprint density at radius 1 is 1.43 bits per heavy atom. The van der Waals surface area contributed by atoms with Gasteiger partial charge in [0.1, 0.15) is 5.56 Å². The third-order valence-corrected chi connectivity index (χ3v) is 3.38. The number of pyridine rings is 1. The van der Waals surface area contributed by atoms with E-state index >= 15 is 0 Å². The van der Waals surface area contributed by atoms with Crippen molar-refractivity contribution >= 4 is 22.7 Å². The number of anilines is 1. The van der Waals surface area contributed by atoms with Gasteiger partial charge in [-0.2, -0.15) is 5.10 Å². The van der Waals surface area contributed by atoms with Gasteiger partial charge in [0, 0.05) is 13.2 Å². The monoisotopic (exact) mass is 294 g/mol. The first-order valence-corrected chi connectivity index (χ1v) is 6.38. The van der Waals surface area contributed by atoms with Gasteiger partial charge in [-0.3, -0.25) is 4.68 Å². The Morgan fingerprint density at radius 3 is 2.57 bits per heavy atom. The van der Waals surface area contributed by atoms with Gasteiger partial charge in [-0.05, 0) is 13.8 Å². The SMILES string of the molecule is Cc1nn(C)c2ncc(C(=O)O)c(NC(C)(CO)CO)c12. The van der Waals surface area contributed by atoms with Crippen molar-refractivity contribution in [1.29, 1.82) is 0 Å². The second-order valence-corrected chi connectivity index (χ2v) is 5.26. The quantitative estimate of drug-likeness (QED) is 0.618. The Morgan fingerprint density at radius 2 is 2.05 bits per heavy atom. The topological polar surface area (TPSA) is 121 Å². The summed E-state index contributed by atoms with van der Waals surface area (Å²) in [5.41, 5.74) is 0.346. The van der Waals surface area contributed by atoms with Crippen LogP contribution in [0.4, 0.5) is 5.69 Å². The Kier molecular flexibility index (Phi) is 3.84. The molecule has 2 aromatic rings. The lowest BCUT2D eigenvalue weighted by Crippen LogP contribution is -2.43. The average molecular weight is 294 g/mol. The fourth-order valence-electron chi connectivity index (χ4n) is 2.13. The van der Waals surface area contributed by atoms with Crippen LogP contribution in [0.25, 0.3) is 11.0 Å². The van der Waals surface area contributed by atoms with Gasteiger partial charge in [0.15, 0.2) is 5.65 Å². The zero-order valence-electron chi connectivity index (χ0n) is 12.1. The molecule has 0 aliphatic rings. The fraction of sp³-hybridized carbons (Fsp3) is 0.462. The van der Waals surface area contributed by atoms with Crippen molar-refractivity contribution in [3.63, 3.8) is 0 Å². The summed E-state index contributed by atoms with van der Waals surface area (Å²) in [6.45, 7) is 2.63. The molecule has 0 bridgehead atoms. The first kappa shape index (κ1) is 15.2. The highest BCUT2D eigenvalue weighted by molar-refractivity contribution is 6.04. The summed E-state index contributed by atoms with van der Waals surface area (Å²) in [4.78, 5) is 15.5. The molecule has 2 rings (SSSR count). The second kappa shape index (κ2) is 5.30. The molecule has 0 unspecified atom stereocenters. The summed E-state index contributed by atoms with van der Waals surface area (Å²) in [5, 5.41) is 35.9. The van der Waals surface area contributed by atoms with Gasteiger partial charge in [0.2, 0.25) is 0 Å². The molecule has 0 fully saturated rings. The number of aryl methyl sites for hydroxylation is 2. The van der Waals surface area contributed by atoms with Crippen molar-refractivity contribution in [3.8, 4) is 0 Å². The molecule has 0 spiro atoms. The molecule has 8 heteroatoms. The van der Waals surface area contributed by atoms with E-state index in [4.69, 9.17) is 0 Å². The van der Waals surface area contributed by atoms with E-state index in [0.717, 1.165) is 0 Å². The van der Waals surface area contributed by atoms with Gasteiger partial charge in [-0.15, -0.1) is 0 Å². The van der Waals surface area contributed by atoms with E-state index in [0.29, 0.717) is 22.4 Å². The van der Waals surface area contributed by atoms with Crippen molar-refractivity contribution in [2.24, 2.45) is 7.05 Å². The highest BCUT2D eigenvalue weighted by Crippen LogP contribution is 2.30. The van der Waals surface area contributed by atoms with E-state index in [1.807, 2.05) is 0 Å². The van der Waals surface area contributed by atoms with Crippen LogP contribution >= 0.6 is 0 Å². The molecule has 0 aliphatic carbocycles. The number of aliphatic hydroxyl groups excluding tert-OH is 2. The molecule has 2 heterocycles. The molecule has 0 aliphatic heterocycles. The normalized spacial score (nSPS) is 11.9. The molecule has 21 heavy (non-hydrogen) atoms. The van der Waals surface area contributed by atoms with E-state index in [2.05, 4.69) is 15.4 Å². The molecular weight excluding hydrogens is 276 g/mol. The number of hydrogen-bond donors (Lipinski definition) is 4. The van der Waals surface area contributed by atoms with E-state index in [9.17, 15) is 20.1 Å². The zero-order chi connectivity index (χ0) is 15.8. The van der Waals surface area contributed by atoms with Gasteiger partial charge in [-0.1, -0.05) is 0 Å². The number of carboxylic acid groups (broad SMARTS) is 1. The molecular formula is C13H18N4O4. The van der Waals surface area contributed by atoms with Crippen molar-refractivity contribution in [1.82, 2.24) is 14.8 Å². The van der Waals surface area contributed by atoms with Gasteiger partial charge in [0.25, 0.3) is 0 Å². The number of aromatic carboxylic acids is 1. The zero-order valence-corrected chi connectivity index (χ0v) is 12.1. The van der Waals surface area contributed by atoms with Gasteiger partial charge >= 0.3 is 5.97 Å². The number of nitrogens with one attached hydrogen (secondary N) is 1. The summed E-state index contributed by atoms with van der Waals surface area (Å²) < 4.78 is 1.55. The van der Waals surface area contributed by atoms with E-state index in [1.54, 1.807) is 25.6 Å². The number of aromatic nitrogens is 3. The summed E-state index contributed by atoms with van der Waals surface area (Å²) in [6.07, 6.45) is 1.24. The lowest BCUT2D eigenvalue weighted by molar-refractivity contribution is 0.0697. The minimum Gasteiger partial charge on any atom is -0.478 e. The Balaban J connectivity index is 2.73. The molecule has 0 atom stereocenters. The number of carboxylic acids is 1. The van der Waals surface area contributed by atoms with Crippen LogP contribution in [0.5, 0.6) is 0 Å². The molecule has 0 aromatic carbocycles. The number of carbonyl (C=O) groups is 1. The van der Waals surface area contributed by atoms with Crippen molar-refractivity contribution in [3.05, 3.63) is 17.5 Å². The number of fused-ring (bicyclic) bond motifs is 1. The number of rotatable bonds is 5. The van der Waals surface area contributed by atoms with Gasteiger partial charge in [0.05, 0.1) is 35.5 Å². The minimum atomic E-state index is -1.15. The molecule has 0 radical (unpaired) electrons. The van der Waals surface area contributed by atoms with Gasteiger partial charge in [-0.25, -0.2) is 9.78 Å². The van der Waals surface area contributed by atoms with Crippen LogP contribution < -0.4 is 5.32 Å². The van der Waals surface area contributed by atoms with Crippen LogP contribution in [0.1, 0.15) is 23.0 Å². The summed E-state index contributed by atoms with van der Waals surface area (Å²) in [6, 6.07) is 0. The third-order valence-electron chi connectivity index (χ3n) is 3.38. The summed E-state index contributed by atoms with van der Waals surface area (Å²) >= 11 is 0. The largest absolute Gasteiger partial charge is 0.478 e. The predicted molar refractivity (Wildman–Crippen MR) is 76.4 cm³/mol. The van der Waals surface area contributed by atoms with E-state index in [1.165, 1.54) is 6.20 Å². The van der Waals surface area contributed by atoms with E-state index in [-0.39, 0.29) is 18.8 Å². The van der Waals surface area contributed by atoms with E-state index < -0.39 is 11.5 Å². The van der Waals surface area contributed by atoms with Crippen LogP contribution in [-0.4, -0.2) is 54.8 Å². The maximum absolute atomic E-state index is 11.4. The van der Waals surface area contributed by atoms with Gasteiger partial charge < -0.3 is 20.6 Å². The summed E-state index contributed by atoms with van der Waals surface area (Å²) in [5.74, 6) is -1.15. The molecule has 2 aromatic heterocycles. The Labute approximate surface area is 121 Å². The van der Waals surface area contributed by atoms with Crippen LogP contribution in [0, 0.1) is 6.92 Å². The van der Waals surface area contributed by atoms with Crippen molar-refractivity contribution in [2.45, 2.75) is 19.4 Å². The number of nitrogens with zero attached hydrogens (tertiary/aromatic N) is 3. The highest BCUT2D eigenvalue weighted by Gasteiger charge is 2.27. The van der Waals surface area contributed by atoms with Crippen LogP contribution in [0.3, 0.4) is 0 Å². The molecule has 4 N–H and O–H groups in total. The Hall–Kier alpha value is -2.19. The number of hydrogen-bond acceptors (Lipinski definition) is 6. The average Bonchev–Trinajstić information content (AvgIpc) is 2.74. The first-order valence-electron chi connectivity index (χ1n) is 6.38. The van der Waals surface area contributed by atoms with Crippen LogP contribution in [0.2, 0.25) is 0 Å².